The molecule has 2 aliphatic rings. The maximum absolute atomic E-state index is 8.77. The van der Waals surface area contributed by atoms with Crippen LogP contribution in [0.25, 0.3) is 67.5 Å². The second kappa shape index (κ2) is 11.8. The van der Waals surface area contributed by atoms with Crippen molar-refractivity contribution >= 4 is 67.3 Å². The summed E-state index contributed by atoms with van der Waals surface area (Å²) < 4.78 is 24.5. The zero-order valence-electron chi connectivity index (χ0n) is 28.4. The van der Waals surface area contributed by atoms with Crippen molar-refractivity contribution in [3.05, 3.63) is 168 Å². The van der Waals surface area contributed by atoms with Gasteiger partial charge >= 0.3 is 311 Å². The van der Waals surface area contributed by atoms with Crippen LogP contribution in [0.5, 0.6) is 0 Å². The van der Waals surface area contributed by atoms with Gasteiger partial charge in [-0.05, 0) is 0 Å². The van der Waals surface area contributed by atoms with E-state index < -0.39 is 20.4 Å². The van der Waals surface area contributed by atoms with Gasteiger partial charge in [-0.2, -0.15) is 0 Å². The third kappa shape index (κ3) is 4.54. The minimum absolute atomic E-state index is 0.279. The molecule has 2 aliphatic carbocycles. The second-order valence-corrected chi connectivity index (χ2v) is 52.9. The third-order valence-corrected chi connectivity index (χ3v) is 57.5. The van der Waals surface area contributed by atoms with E-state index in [1.54, 1.807) is 12.5 Å². The summed E-state index contributed by atoms with van der Waals surface area (Å²) in [6.07, 6.45) is 11.6. The first-order chi connectivity index (χ1) is 25.3. The van der Waals surface area contributed by atoms with Crippen LogP contribution in [0.15, 0.2) is 152 Å². The zero-order chi connectivity index (χ0) is 35.2. The van der Waals surface area contributed by atoms with E-state index in [0.29, 0.717) is 0 Å². The van der Waals surface area contributed by atoms with Gasteiger partial charge in [-0.1, -0.05) is 0 Å². The van der Waals surface area contributed by atoms with E-state index in [1.165, 1.54) is 0 Å². The van der Waals surface area contributed by atoms with Crippen molar-refractivity contribution < 1.29 is 32.7 Å². The summed E-state index contributed by atoms with van der Waals surface area (Å²) in [6.45, 7) is 4.61. The van der Waals surface area contributed by atoms with Crippen LogP contribution in [-0.4, -0.2) is 5.43 Å². The molecule has 254 valence electrons. The number of rotatable bonds is 6. The molecule has 0 amide bonds. The van der Waals surface area contributed by atoms with E-state index in [9.17, 15) is 0 Å². The van der Waals surface area contributed by atoms with Crippen molar-refractivity contribution in [2.45, 2.75) is 20.3 Å². The number of hydrogen-bond donors (Lipinski definition) is 0. The van der Waals surface area contributed by atoms with Crippen molar-refractivity contribution in [2.75, 3.05) is 0 Å². The number of benzene rings is 4. The molecule has 4 heterocycles. The zero-order valence-corrected chi connectivity index (χ0v) is 33.4. The number of allylic oxidation sites excluding steroid dienone is 2. The molecule has 0 radical (unpaired) electrons. The Kier molecular flexibility index (Phi) is 7.37. The van der Waals surface area contributed by atoms with E-state index in [1.807, 2.05) is 61.1 Å². The van der Waals surface area contributed by atoms with Crippen LogP contribution in [0.2, 0.25) is 13.1 Å². The Hall–Kier alpha value is -4.32. The fourth-order valence-corrected chi connectivity index (χ4v) is 36.5. The molecule has 52 heavy (non-hydrogen) atoms. The molecular weight excluding hydrogens is 783 g/mol. The van der Waals surface area contributed by atoms with Gasteiger partial charge < -0.3 is 0 Å². The monoisotopic (exact) mass is 812 g/mol. The summed E-state index contributed by atoms with van der Waals surface area (Å²) in [5.41, 5.74) is 7.00. The Labute approximate surface area is 308 Å². The van der Waals surface area contributed by atoms with Gasteiger partial charge in [-0.15, -0.1) is 0 Å². The Morgan fingerprint density at radius 2 is 0.981 bits per heavy atom. The standard InChI is InChI=1S/2C21H13O2.C2H6Si.2ClH.Zr/c2*1-2-7-17-15(5-1)13-23-21(17)18-8-3-6-14-11-16(12-19(14)18)20-9-4-10-22-20;1-3-2;;;/h2*1-13H;1-2H3;2*1H;/q;;;;;+2/p-2. The Morgan fingerprint density at radius 1 is 0.519 bits per heavy atom. The van der Waals surface area contributed by atoms with Crippen molar-refractivity contribution in [1.29, 1.82) is 0 Å². The number of fused-ring (bicyclic) bond motifs is 4. The Bertz CT molecular complexity index is 2660. The van der Waals surface area contributed by atoms with Crippen LogP contribution in [0.1, 0.15) is 41.0 Å². The predicted molar refractivity (Wildman–Crippen MR) is 211 cm³/mol. The SMILES string of the molecule is C[Si](C)=[Zr]([Cl])([Cl])([CH]1C(c2ccco2)=Cc2c(-c3occ4ccccc34)cccc21)[CH]1C(c2ccco2)=Cc2c(-c3occ4ccccc34)cccc21. The van der Waals surface area contributed by atoms with Gasteiger partial charge in [0.05, 0.1) is 0 Å². The normalized spacial score (nSPS) is 17.0. The minimum atomic E-state index is -5.36. The molecule has 0 spiro atoms. The third-order valence-electron chi connectivity index (χ3n) is 11.3. The summed E-state index contributed by atoms with van der Waals surface area (Å²) in [6, 6.07) is 37.4. The van der Waals surface area contributed by atoms with E-state index in [2.05, 4.69) is 85.9 Å². The van der Waals surface area contributed by atoms with Crippen LogP contribution >= 0.6 is 17.0 Å². The van der Waals surface area contributed by atoms with Gasteiger partial charge in [0.2, 0.25) is 0 Å². The molecule has 2 unspecified atom stereocenters. The molecule has 4 aromatic carbocycles. The number of furan rings is 4. The van der Waals surface area contributed by atoms with Crippen LogP contribution in [-0.2, 0) is 15.0 Å². The Balaban J connectivity index is 1.26. The fraction of sp³-hybridized carbons (Fsp3) is 0.0909. The first-order valence-electron chi connectivity index (χ1n) is 17.4. The van der Waals surface area contributed by atoms with Gasteiger partial charge in [0.15, 0.2) is 0 Å². The first-order valence-corrected chi connectivity index (χ1v) is 32.8. The van der Waals surface area contributed by atoms with E-state index in [0.717, 1.165) is 89.1 Å². The molecular formula is C44H32Cl2O4SiZr. The molecule has 2 atom stereocenters. The molecule has 0 N–H and O–H groups in total. The average molecular weight is 815 g/mol. The Morgan fingerprint density at radius 3 is 1.40 bits per heavy atom. The van der Waals surface area contributed by atoms with Crippen LogP contribution in [0.4, 0.5) is 0 Å². The van der Waals surface area contributed by atoms with Gasteiger partial charge in [-0.3, -0.25) is 0 Å². The van der Waals surface area contributed by atoms with Crippen LogP contribution in [0.3, 0.4) is 0 Å². The van der Waals surface area contributed by atoms with Gasteiger partial charge in [0.25, 0.3) is 0 Å². The van der Waals surface area contributed by atoms with Gasteiger partial charge in [0.1, 0.15) is 0 Å². The van der Waals surface area contributed by atoms with E-state index in [-0.39, 0.29) is 7.25 Å². The van der Waals surface area contributed by atoms with Crippen LogP contribution < -0.4 is 0 Å². The van der Waals surface area contributed by atoms with Crippen molar-refractivity contribution in [3.63, 3.8) is 0 Å². The van der Waals surface area contributed by atoms with Crippen molar-refractivity contribution in [2.24, 2.45) is 0 Å². The van der Waals surface area contributed by atoms with Crippen molar-refractivity contribution in [3.8, 4) is 22.6 Å². The first kappa shape index (κ1) is 32.3. The average Bonchev–Trinajstić information content (AvgIpc) is 4.01. The molecule has 0 fully saturated rings. The molecule has 8 heteroatoms. The molecule has 10 rings (SSSR count). The molecule has 4 aromatic heterocycles. The summed E-state index contributed by atoms with van der Waals surface area (Å²) >= 11 is -5.36. The molecule has 0 saturated heterocycles. The summed E-state index contributed by atoms with van der Waals surface area (Å²) in [4.78, 5) is 0. The van der Waals surface area contributed by atoms with Gasteiger partial charge in [-0.25, -0.2) is 0 Å². The topological polar surface area (TPSA) is 52.6 Å². The summed E-state index contributed by atoms with van der Waals surface area (Å²) in [7, 11) is 17.5. The molecule has 8 aromatic rings. The second-order valence-electron chi connectivity index (χ2n) is 14.1. The molecule has 0 saturated carbocycles. The quantitative estimate of drug-likeness (QED) is 0.157. The summed E-state index contributed by atoms with van der Waals surface area (Å²) in [5.74, 6) is 3.22. The van der Waals surface area contributed by atoms with E-state index in [4.69, 9.17) is 34.7 Å². The maximum atomic E-state index is 8.77. The predicted octanol–water partition coefficient (Wildman–Crippen LogP) is 13.8. The molecule has 0 aliphatic heterocycles. The summed E-state index contributed by atoms with van der Waals surface area (Å²) in [5, 5.41) is 4.25. The van der Waals surface area contributed by atoms with Gasteiger partial charge in [0, 0.05) is 0 Å². The molecule has 4 nitrogen and oxygen atoms in total. The number of halogens is 2. The number of hydrogen-bond acceptors (Lipinski definition) is 4. The van der Waals surface area contributed by atoms with E-state index >= 15 is 0 Å². The fourth-order valence-electron chi connectivity index (χ4n) is 8.80. The van der Waals surface area contributed by atoms with Crippen molar-refractivity contribution in [1.82, 2.24) is 0 Å². The molecule has 0 bridgehead atoms. The van der Waals surface area contributed by atoms with Crippen LogP contribution in [0, 0.1) is 0 Å².